The molecule has 0 saturated carbocycles. The number of piperidine rings is 1. The van der Waals surface area contributed by atoms with Crippen molar-refractivity contribution < 1.29 is 9.18 Å². The molecule has 17 heavy (non-hydrogen) atoms. The molecule has 0 aliphatic carbocycles. The molecule has 0 bridgehead atoms. The molecule has 1 aromatic rings. The highest BCUT2D eigenvalue weighted by molar-refractivity contribution is 9.10. The molecule has 1 aromatic carbocycles. The maximum absolute atomic E-state index is 12.9. The van der Waals surface area contributed by atoms with Crippen LogP contribution in [0.4, 0.5) is 4.39 Å². The fourth-order valence-corrected chi connectivity index (χ4v) is 2.44. The van der Waals surface area contributed by atoms with E-state index >= 15 is 0 Å². The third-order valence-electron chi connectivity index (χ3n) is 2.81. The largest absolute Gasteiger partial charge is 0.348 e. The summed E-state index contributed by atoms with van der Waals surface area (Å²) in [6.07, 6.45) is 2.05. The summed E-state index contributed by atoms with van der Waals surface area (Å²) < 4.78 is 13.4. The number of benzene rings is 1. The highest BCUT2D eigenvalue weighted by atomic mass is 79.9. The summed E-state index contributed by atoms with van der Waals surface area (Å²) in [5.41, 5.74) is 0.469. The van der Waals surface area contributed by atoms with Gasteiger partial charge < -0.3 is 10.6 Å². The van der Waals surface area contributed by atoms with Gasteiger partial charge >= 0.3 is 0 Å². The van der Waals surface area contributed by atoms with E-state index in [1.54, 1.807) is 0 Å². The van der Waals surface area contributed by atoms with Crippen molar-refractivity contribution in [2.45, 2.75) is 18.9 Å². The van der Waals surface area contributed by atoms with Crippen LogP contribution in [-0.2, 0) is 0 Å². The standard InChI is InChI=1S/C12H14BrFN2O/c13-11-6-8(14)3-4-10(11)12(17)16-9-2-1-5-15-7-9/h3-4,6,9,15H,1-2,5,7H2,(H,16,17)/t9-/m0/s1. The lowest BCUT2D eigenvalue weighted by atomic mass is 10.1. The summed E-state index contributed by atoms with van der Waals surface area (Å²) in [7, 11) is 0. The molecule has 0 unspecified atom stereocenters. The molecule has 2 rings (SSSR count). The molecule has 92 valence electrons. The minimum atomic E-state index is -0.354. The van der Waals surface area contributed by atoms with E-state index < -0.39 is 0 Å². The van der Waals surface area contributed by atoms with Gasteiger partial charge in [0.1, 0.15) is 5.82 Å². The first-order valence-corrected chi connectivity index (χ1v) is 6.43. The van der Waals surface area contributed by atoms with Gasteiger partial charge in [0, 0.05) is 17.1 Å². The second-order valence-corrected chi connectivity index (χ2v) is 5.00. The lowest BCUT2D eigenvalue weighted by Crippen LogP contribution is -2.45. The van der Waals surface area contributed by atoms with Gasteiger partial charge in [-0.25, -0.2) is 4.39 Å². The van der Waals surface area contributed by atoms with E-state index in [1.165, 1.54) is 18.2 Å². The van der Waals surface area contributed by atoms with Crippen LogP contribution in [0, 0.1) is 5.82 Å². The van der Waals surface area contributed by atoms with Crippen LogP contribution in [0.15, 0.2) is 22.7 Å². The lowest BCUT2D eigenvalue weighted by molar-refractivity contribution is 0.0930. The molecular weight excluding hydrogens is 287 g/mol. The maximum Gasteiger partial charge on any atom is 0.252 e. The van der Waals surface area contributed by atoms with Crippen molar-refractivity contribution in [3.8, 4) is 0 Å². The zero-order valence-electron chi connectivity index (χ0n) is 9.30. The zero-order valence-corrected chi connectivity index (χ0v) is 10.9. The molecule has 1 heterocycles. The van der Waals surface area contributed by atoms with Gasteiger partial charge in [-0.3, -0.25) is 4.79 Å². The molecular formula is C12H14BrFN2O. The highest BCUT2D eigenvalue weighted by Crippen LogP contribution is 2.18. The third-order valence-corrected chi connectivity index (χ3v) is 3.46. The Hall–Kier alpha value is -0.940. The molecule has 5 heteroatoms. The summed E-state index contributed by atoms with van der Waals surface area (Å²) in [5.74, 6) is -0.515. The Bertz CT molecular complexity index is 419. The minimum absolute atomic E-state index is 0.160. The highest BCUT2D eigenvalue weighted by Gasteiger charge is 2.17. The predicted molar refractivity (Wildman–Crippen MR) is 67.5 cm³/mol. The van der Waals surface area contributed by atoms with Crippen molar-refractivity contribution in [3.63, 3.8) is 0 Å². The van der Waals surface area contributed by atoms with Crippen molar-refractivity contribution in [1.82, 2.24) is 10.6 Å². The summed E-state index contributed by atoms with van der Waals surface area (Å²) in [6.45, 7) is 1.80. The Balaban J connectivity index is 2.03. The number of hydrogen-bond acceptors (Lipinski definition) is 2. The van der Waals surface area contributed by atoms with Crippen LogP contribution in [0.25, 0.3) is 0 Å². The van der Waals surface area contributed by atoms with Crippen LogP contribution in [-0.4, -0.2) is 25.0 Å². The van der Waals surface area contributed by atoms with E-state index in [-0.39, 0.29) is 17.8 Å². The molecule has 1 fully saturated rings. The van der Waals surface area contributed by atoms with Gasteiger partial charge in [-0.05, 0) is 53.5 Å². The van der Waals surface area contributed by atoms with Gasteiger partial charge in [-0.1, -0.05) is 0 Å². The second-order valence-electron chi connectivity index (χ2n) is 4.14. The summed E-state index contributed by atoms with van der Waals surface area (Å²) in [5, 5.41) is 6.17. The number of hydrogen-bond donors (Lipinski definition) is 2. The van der Waals surface area contributed by atoms with Crippen LogP contribution in [0.3, 0.4) is 0 Å². The van der Waals surface area contributed by atoms with Crippen LogP contribution in [0.5, 0.6) is 0 Å². The van der Waals surface area contributed by atoms with Crippen molar-refractivity contribution in [2.75, 3.05) is 13.1 Å². The molecule has 0 aromatic heterocycles. The molecule has 1 aliphatic heterocycles. The second kappa shape index (κ2) is 5.60. The summed E-state index contributed by atoms with van der Waals surface area (Å²) in [6, 6.07) is 4.24. The molecule has 3 nitrogen and oxygen atoms in total. The van der Waals surface area contributed by atoms with Crippen molar-refractivity contribution in [3.05, 3.63) is 34.1 Å². The molecule has 1 saturated heterocycles. The van der Waals surface area contributed by atoms with Crippen molar-refractivity contribution >= 4 is 21.8 Å². The Kier molecular flexibility index (Phi) is 4.12. The molecule has 1 amide bonds. The quantitative estimate of drug-likeness (QED) is 0.878. The average Bonchev–Trinajstić information content (AvgIpc) is 2.30. The van der Waals surface area contributed by atoms with Crippen LogP contribution in [0.1, 0.15) is 23.2 Å². The van der Waals surface area contributed by atoms with E-state index in [1.807, 2.05) is 0 Å². The molecule has 0 radical (unpaired) electrons. The number of carbonyl (C=O) groups excluding carboxylic acids is 1. The van der Waals surface area contributed by atoms with Crippen LogP contribution >= 0.6 is 15.9 Å². The molecule has 1 aliphatic rings. The average molecular weight is 301 g/mol. The topological polar surface area (TPSA) is 41.1 Å². The Labute approximate surface area is 108 Å². The Morgan fingerprint density at radius 2 is 2.35 bits per heavy atom. The smallest absolute Gasteiger partial charge is 0.252 e. The lowest BCUT2D eigenvalue weighted by Gasteiger charge is -2.24. The van der Waals surface area contributed by atoms with Gasteiger partial charge in [0.2, 0.25) is 0 Å². The Morgan fingerprint density at radius 3 is 3.00 bits per heavy atom. The number of halogens is 2. The Morgan fingerprint density at radius 1 is 1.53 bits per heavy atom. The van der Waals surface area contributed by atoms with Gasteiger partial charge in [-0.2, -0.15) is 0 Å². The fraction of sp³-hybridized carbons (Fsp3) is 0.417. The first-order chi connectivity index (χ1) is 8.16. The number of carbonyl (C=O) groups is 1. The monoisotopic (exact) mass is 300 g/mol. The zero-order chi connectivity index (χ0) is 12.3. The summed E-state index contributed by atoms with van der Waals surface area (Å²) >= 11 is 3.20. The van der Waals surface area contributed by atoms with E-state index in [0.717, 1.165) is 25.9 Å². The normalized spacial score (nSPS) is 20.0. The van der Waals surface area contributed by atoms with Gasteiger partial charge in [-0.15, -0.1) is 0 Å². The number of rotatable bonds is 2. The minimum Gasteiger partial charge on any atom is -0.348 e. The van der Waals surface area contributed by atoms with E-state index in [0.29, 0.717) is 10.0 Å². The molecule has 2 N–H and O–H groups in total. The van der Waals surface area contributed by atoms with E-state index in [4.69, 9.17) is 0 Å². The van der Waals surface area contributed by atoms with E-state index in [2.05, 4.69) is 26.6 Å². The molecule has 0 spiro atoms. The molecule has 1 atom stereocenters. The first-order valence-electron chi connectivity index (χ1n) is 5.63. The third kappa shape index (κ3) is 3.26. The summed E-state index contributed by atoms with van der Waals surface area (Å²) in [4.78, 5) is 12.0. The number of amides is 1. The van der Waals surface area contributed by atoms with Crippen molar-refractivity contribution in [1.29, 1.82) is 0 Å². The maximum atomic E-state index is 12.9. The van der Waals surface area contributed by atoms with Crippen molar-refractivity contribution in [2.24, 2.45) is 0 Å². The van der Waals surface area contributed by atoms with Crippen LogP contribution < -0.4 is 10.6 Å². The van der Waals surface area contributed by atoms with Gasteiger partial charge in [0.15, 0.2) is 0 Å². The van der Waals surface area contributed by atoms with E-state index in [9.17, 15) is 9.18 Å². The SMILES string of the molecule is O=C(N[C@H]1CCCNC1)c1ccc(F)cc1Br. The predicted octanol–water partition coefficient (Wildman–Crippen LogP) is 2.07. The number of nitrogens with one attached hydrogen (secondary N) is 2. The van der Waals surface area contributed by atoms with Crippen LogP contribution in [0.2, 0.25) is 0 Å². The fourth-order valence-electron chi connectivity index (χ4n) is 1.91. The van der Waals surface area contributed by atoms with Gasteiger partial charge in [0.05, 0.1) is 5.56 Å². The first kappa shape index (κ1) is 12.5. The van der Waals surface area contributed by atoms with Gasteiger partial charge in [0.25, 0.3) is 5.91 Å².